The standard InChI is InChI=1S/C30H33N3O3S/c1-5-6-12-26-27(33(20(2)3)23-10-8-7-9-11-23)28(34)29(30(35)32-26)37-36-24-15-13-22(14-16-24)25-17-18-31-19-21(25)4/h7-11,13-20H,5-6,12H2,1-4H3,(H2,32,34,35). The Bertz CT molecular complexity index is 1390. The summed E-state index contributed by atoms with van der Waals surface area (Å²) in [5, 5.41) is 11.5. The molecule has 4 rings (SSSR count). The van der Waals surface area contributed by atoms with Gasteiger partial charge in [-0.05, 0) is 80.6 Å². The zero-order chi connectivity index (χ0) is 26.4. The van der Waals surface area contributed by atoms with Gasteiger partial charge in [0.1, 0.15) is 23.5 Å². The number of nitrogens with zero attached hydrogens (tertiary/aromatic N) is 2. The molecule has 192 valence electrons. The first kappa shape index (κ1) is 26.4. The Hall–Kier alpha value is -3.71. The van der Waals surface area contributed by atoms with Crippen LogP contribution in [0.5, 0.6) is 11.5 Å². The smallest absolute Gasteiger partial charge is 0.269 e. The molecule has 2 N–H and O–H groups in total. The lowest BCUT2D eigenvalue weighted by Crippen LogP contribution is -2.28. The van der Waals surface area contributed by atoms with Gasteiger partial charge < -0.3 is 19.2 Å². The topological polar surface area (TPSA) is 78.5 Å². The molecule has 2 aromatic heterocycles. The fourth-order valence-corrected chi connectivity index (χ4v) is 4.93. The van der Waals surface area contributed by atoms with Crippen LogP contribution in [0.25, 0.3) is 11.1 Å². The predicted molar refractivity (Wildman–Crippen MR) is 152 cm³/mol. The minimum Gasteiger partial charge on any atom is -0.504 e. The monoisotopic (exact) mass is 515 g/mol. The van der Waals surface area contributed by atoms with Gasteiger partial charge in [-0.25, -0.2) is 0 Å². The van der Waals surface area contributed by atoms with Crippen molar-refractivity contribution < 1.29 is 9.29 Å². The average molecular weight is 516 g/mol. The van der Waals surface area contributed by atoms with Crippen molar-refractivity contribution in [2.75, 3.05) is 4.90 Å². The third kappa shape index (κ3) is 6.00. The van der Waals surface area contributed by atoms with E-state index in [9.17, 15) is 9.90 Å². The number of pyridine rings is 2. The van der Waals surface area contributed by atoms with E-state index in [2.05, 4.69) is 35.6 Å². The lowest BCUT2D eigenvalue weighted by Gasteiger charge is -2.32. The quantitative estimate of drug-likeness (QED) is 0.214. The molecule has 0 spiro atoms. The summed E-state index contributed by atoms with van der Waals surface area (Å²) in [4.78, 5) is 22.4. The van der Waals surface area contributed by atoms with Crippen LogP contribution in [-0.4, -0.2) is 21.1 Å². The summed E-state index contributed by atoms with van der Waals surface area (Å²) in [5.41, 5.74) is 5.16. The highest BCUT2D eigenvalue weighted by atomic mass is 32.2. The van der Waals surface area contributed by atoms with Gasteiger partial charge in [-0.3, -0.25) is 9.78 Å². The lowest BCUT2D eigenvalue weighted by molar-refractivity contribution is 0.455. The number of hydrogen-bond donors (Lipinski definition) is 2. The van der Waals surface area contributed by atoms with Crippen LogP contribution in [0, 0.1) is 6.92 Å². The molecule has 0 fully saturated rings. The zero-order valence-corrected chi connectivity index (χ0v) is 22.5. The van der Waals surface area contributed by atoms with E-state index in [0.29, 0.717) is 17.9 Å². The first-order valence-corrected chi connectivity index (χ1v) is 13.3. The van der Waals surface area contributed by atoms with Crippen LogP contribution in [0.15, 0.2) is 82.7 Å². The first-order valence-electron chi connectivity index (χ1n) is 12.6. The number of aromatic nitrogens is 2. The molecule has 0 unspecified atom stereocenters. The number of benzene rings is 2. The zero-order valence-electron chi connectivity index (χ0n) is 21.7. The van der Waals surface area contributed by atoms with Crippen molar-refractivity contribution in [1.82, 2.24) is 9.97 Å². The van der Waals surface area contributed by atoms with E-state index in [1.165, 1.54) is 0 Å². The van der Waals surface area contributed by atoms with Crippen molar-refractivity contribution in [2.24, 2.45) is 0 Å². The fraction of sp³-hybridized carbons (Fsp3) is 0.267. The van der Waals surface area contributed by atoms with Crippen molar-refractivity contribution >= 4 is 23.4 Å². The van der Waals surface area contributed by atoms with E-state index in [-0.39, 0.29) is 22.2 Å². The lowest BCUT2D eigenvalue weighted by atomic mass is 10.0. The predicted octanol–water partition coefficient (Wildman–Crippen LogP) is 7.43. The van der Waals surface area contributed by atoms with Gasteiger partial charge >= 0.3 is 0 Å². The van der Waals surface area contributed by atoms with Crippen molar-refractivity contribution in [3.8, 4) is 22.6 Å². The van der Waals surface area contributed by atoms with Crippen molar-refractivity contribution in [3.63, 3.8) is 0 Å². The molecular formula is C30H33N3O3S. The van der Waals surface area contributed by atoms with Crippen molar-refractivity contribution in [1.29, 1.82) is 0 Å². The number of para-hydroxylation sites is 1. The molecule has 7 heteroatoms. The van der Waals surface area contributed by atoms with Gasteiger partial charge in [0.25, 0.3) is 5.56 Å². The summed E-state index contributed by atoms with van der Waals surface area (Å²) in [6.45, 7) is 8.26. The fourth-order valence-electron chi connectivity index (χ4n) is 4.33. The second-order valence-corrected chi connectivity index (χ2v) is 9.99. The van der Waals surface area contributed by atoms with Crippen LogP contribution >= 0.6 is 12.0 Å². The van der Waals surface area contributed by atoms with Crippen molar-refractivity contribution in [2.45, 2.75) is 57.9 Å². The van der Waals surface area contributed by atoms with E-state index in [4.69, 9.17) is 4.18 Å². The molecule has 0 amide bonds. The van der Waals surface area contributed by atoms with Gasteiger partial charge in [0.05, 0.1) is 0 Å². The minimum atomic E-state index is -0.363. The highest BCUT2D eigenvalue weighted by molar-refractivity contribution is 7.95. The number of aromatic hydroxyl groups is 1. The molecule has 0 aliphatic carbocycles. The molecular weight excluding hydrogens is 482 g/mol. The number of aromatic amines is 1. The minimum absolute atomic E-state index is 0.0440. The third-order valence-corrected chi connectivity index (χ3v) is 7.00. The van der Waals surface area contributed by atoms with E-state index >= 15 is 0 Å². The molecule has 0 radical (unpaired) electrons. The largest absolute Gasteiger partial charge is 0.504 e. The summed E-state index contributed by atoms with van der Waals surface area (Å²) in [7, 11) is 0. The van der Waals surface area contributed by atoms with Crippen LogP contribution < -0.4 is 14.6 Å². The van der Waals surface area contributed by atoms with Gasteiger partial charge in [0.2, 0.25) is 0 Å². The molecule has 0 aliphatic heterocycles. The summed E-state index contributed by atoms with van der Waals surface area (Å²) in [6, 6.07) is 19.6. The SMILES string of the molecule is CCCCc1[nH]c(=O)c(SOc2ccc(-c3ccncc3C)cc2)c(O)c1N(c1ccccc1)C(C)C. The Morgan fingerprint density at radius 1 is 1.08 bits per heavy atom. The number of hydrogen-bond acceptors (Lipinski definition) is 6. The molecule has 0 atom stereocenters. The first-order chi connectivity index (χ1) is 17.9. The van der Waals surface area contributed by atoms with Gasteiger partial charge in [-0.1, -0.05) is 43.7 Å². The average Bonchev–Trinajstić information content (AvgIpc) is 2.90. The Balaban J connectivity index is 1.67. The Labute approximate surface area is 222 Å². The maximum atomic E-state index is 13.1. The molecule has 0 saturated heterocycles. The molecule has 0 saturated carbocycles. The van der Waals surface area contributed by atoms with Crippen LogP contribution in [0.2, 0.25) is 0 Å². The van der Waals surface area contributed by atoms with Gasteiger partial charge in [-0.2, -0.15) is 0 Å². The molecule has 4 aromatic rings. The number of nitrogens with one attached hydrogen (secondary N) is 1. The molecule has 0 aliphatic rings. The second-order valence-electron chi connectivity index (χ2n) is 9.24. The number of H-pyrrole nitrogens is 1. The molecule has 6 nitrogen and oxygen atoms in total. The third-order valence-electron chi connectivity index (χ3n) is 6.17. The number of aryl methyl sites for hydroxylation is 2. The van der Waals surface area contributed by atoms with Crippen LogP contribution in [-0.2, 0) is 6.42 Å². The summed E-state index contributed by atoms with van der Waals surface area (Å²) in [5.74, 6) is 0.515. The van der Waals surface area contributed by atoms with E-state index in [1.54, 1.807) is 6.20 Å². The van der Waals surface area contributed by atoms with Crippen LogP contribution in [0.3, 0.4) is 0 Å². The Kier molecular flexibility index (Phi) is 8.56. The molecule has 37 heavy (non-hydrogen) atoms. The maximum Gasteiger partial charge on any atom is 0.269 e. The van der Waals surface area contributed by atoms with Crippen LogP contribution in [0.4, 0.5) is 11.4 Å². The molecule has 0 bridgehead atoms. The molecule has 2 aromatic carbocycles. The number of rotatable bonds is 10. The Morgan fingerprint density at radius 3 is 2.46 bits per heavy atom. The van der Waals surface area contributed by atoms with Crippen molar-refractivity contribution in [3.05, 3.63) is 94.7 Å². The highest BCUT2D eigenvalue weighted by Gasteiger charge is 2.26. The normalized spacial score (nSPS) is 11.1. The number of anilines is 2. The van der Waals surface area contributed by atoms with E-state index < -0.39 is 0 Å². The van der Waals surface area contributed by atoms with Gasteiger partial charge in [-0.15, -0.1) is 0 Å². The van der Waals surface area contributed by atoms with E-state index in [1.807, 2.05) is 73.8 Å². The Morgan fingerprint density at radius 2 is 1.81 bits per heavy atom. The maximum absolute atomic E-state index is 13.1. The summed E-state index contributed by atoms with van der Waals surface area (Å²) < 4.78 is 5.90. The van der Waals surface area contributed by atoms with E-state index in [0.717, 1.165) is 53.0 Å². The summed E-state index contributed by atoms with van der Waals surface area (Å²) >= 11 is 0.872. The second kappa shape index (κ2) is 12.0. The van der Waals surface area contributed by atoms with Gasteiger partial charge in [0.15, 0.2) is 10.6 Å². The molecule has 2 heterocycles. The van der Waals surface area contributed by atoms with Crippen LogP contribution in [0.1, 0.15) is 44.9 Å². The highest BCUT2D eigenvalue weighted by Crippen LogP contribution is 2.42. The van der Waals surface area contributed by atoms with Gasteiger partial charge in [0, 0.05) is 29.8 Å². The summed E-state index contributed by atoms with van der Waals surface area (Å²) in [6.07, 6.45) is 6.14. The number of unbranched alkanes of at least 4 members (excludes halogenated alkanes) is 1.